The van der Waals surface area contributed by atoms with Crippen molar-refractivity contribution in [2.24, 2.45) is 11.8 Å². The van der Waals surface area contributed by atoms with Crippen molar-refractivity contribution in [1.29, 1.82) is 0 Å². The molecular formula is C14H18ClNO. The average molecular weight is 252 g/mol. The van der Waals surface area contributed by atoms with Crippen LogP contribution in [0.25, 0.3) is 0 Å². The summed E-state index contributed by atoms with van der Waals surface area (Å²) >= 11 is 6.18. The van der Waals surface area contributed by atoms with Gasteiger partial charge in [0.25, 0.3) is 0 Å². The van der Waals surface area contributed by atoms with Crippen molar-refractivity contribution in [3.8, 4) is 5.75 Å². The highest BCUT2D eigenvalue weighted by atomic mass is 35.5. The monoisotopic (exact) mass is 251 g/mol. The van der Waals surface area contributed by atoms with Gasteiger partial charge in [0, 0.05) is 0 Å². The van der Waals surface area contributed by atoms with Gasteiger partial charge in [-0.2, -0.15) is 0 Å². The van der Waals surface area contributed by atoms with E-state index in [0.717, 1.165) is 23.8 Å². The van der Waals surface area contributed by atoms with E-state index >= 15 is 0 Å². The Balaban J connectivity index is 1.94. The minimum atomic E-state index is 0.265. The molecule has 0 bridgehead atoms. The van der Waals surface area contributed by atoms with Crippen LogP contribution in [0.4, 0.5) is 5.69 Å². The number of anilines is 1. The maximum absolute atomic E-state index is 6.18. The molecule has 1 aliphatic heterocycles. The molecule has 0 aromatic heterocycles. The van der Waals surface area contributed by atoms with Gasteiger partial charge >= 0.3 is 0 Å². The highest BCUT2D eigenvalue weighted by Gasteiger charge is 2.39. The predicted molar refractivity (Wildman–Crippen MR) is 70.8 cm³/mol. The summed E-state index contributed by atoms with van der Waals surface area (Å²) in [4.78, 5) is 0. The molecule has 3 rings (SSSR count). The number of para-hydroxylation sites is 1. The van der Waals surface area contributed by atoms with Gasteiger partial charge in [-0.1, -0.05) is 31.5 Å². The first-order chi connectivity index (χ1) is 8.15. The molecule has 92 valence electrons. The molecule has 1 fully saturated rings. The van der Waals surface area contributed by atoms with Crippen molar-refractivity contribution >= 4 is 17.3 Å². The first-order valence-electron chi connectivity index (χ1n) is 6.37. The molecule has 2 nitrogen and oxygen atoms in total. The Morgan fingerprint density at radius 3 is 2.94 bits per heavy atom. The van der Waals surface area contributed by atoms with Gasteiger partial charge in [-0.25, -0.2) is 0 Å². The molecule has 0 saturated heterocycles. The minimum Gasteiger partial charge on any atom is -0.485 e. The number of halogens is 1. The van der Waals surface area contributed by atoms with Gasteiger partial charge in [-0.3, -0.25) is 0 Å². The zero-order valence-electron chi connectivity index (χ0n) is 10.2. The van der Waals surface area contributed by atoms with Crippen molar-refractivity contribution in [2.75, 3.05) is 5.32 Å². The summed E-state index contributed by atoms with van der Waals surface area (Å²) in [6.07, 6.45) is 2.65. The van der Waals surface area contributed by atoms with E-state index in [1.807, 2.05) is 18.2 Å². The minimum absolute atomic E-state index is 0.265. The zero-order chi connectivity index (χ0) is 12.0. The van der Waals surface area contributed by atoms with E-state index in [-0.39, 0.29) is 6.10 Å². The Morgan fingerprint density at radius 1 is 1.29 bits per heavy atom. The van der Waals surface area contributed by atoms with Crippen molar-refractivity contribution in [1.82, 2.24) is 0 Å². The van der Waals surface area contributed by atoms with E-state index in [9.17, 15) is 0 Å². The van der Waals surface area contributed by atoms with Crippen LogP contribution in [0, 0.1) is 11.8 Å². The Bertz CT molecular complexity index is 434. The van der Waals surface area contributed by atoms with Crippen LogP contribution in [0.2, 0.25) is 5.02 Å². The smallest absolute Gasteiger partial charge is 0.161 e. The van der Waals surface area contributed by atoms with Crippen LogP contribution in [0.5, 0.6) is 5.75 Å². The van der Waals surface area contributed by atoms with Gasteiger partial charge in [0.15, 0.2) is 5.75 Å². The summed E-state index contributed by atoms with van der Waals surface area (Å²) in [6.45, 7) is 4.61. The average Bonchev–Trinajstić information content (AvgIpc) is 2.28. The second-order valence-electron chi connectivity index (χ2n) is 5.50. The normalized spacial score (nSPS) is 35.2. The van der Waals surface area contributed by atoms with E-state index in [1.165, 1.54) is 6.42 Å². The lowest BCUT2D eigenvalue weighted by molar-refractivity contribution is 0.0777. The lowest BCUT2D eigenvalue weighted by Crippen LogP contribution is -2.49. The number of hydrogen-bond donors (Lipinski definition) is 1. The largest absolute Gasteiger partial charge is 0.485 e. The van der Waals surface area contributed by atoms with Gasteiger partial charge in [-0.15, -0.1) is 0 Å². The van der Waals surface area contributed by atoms with Crippen molar-refractivity contribution < 1.29 is 4.74 Å². The SMILES string of the molecule is CC1CC(C)C2Nc3cccc(Cl)c3OC2C1. The fraction of sp³-hybridized carbons (Fsp3) is 0.571. The molecule has 1 aliphatic carbocycles. The van der Waals surface area contributed by atoms with E-state index in [1.54, 1.807) is 0 Å². The van der Waals surface area contributed by atoms with E-state index in [4.69, 9.17) is 16.3 Å². The van der Waals surface area contributed by atoms with Gasteiger partial charge in [0.1, 0.15) is 6.10 Å². The molecule has 17 heavy (non-hydrogen) atoms. The Kier molecular flexibility index (Phi) is 2.70. The summed E-state index contributed by atoms with van der Waals surface area (Å²) in [6, 6.07) is 6.32. The number of ether oxygens (including phenoxy) is 1. The topological polar surface area (TPSA) is 21.3 Å². The Hall–Kier alpha value is -0.890. The van der Waals surface area contributed by atoms with E-state index < -0.39 is 0 Å². The quantitative estimate of drug-likeness (QED) is 0.754. The summed E-state index contributed by atoms with van der Waals surface area (Å²) in [5.41, 5.74) is 1.04. The molecule has 4 atom stereocenters. The van der Waals surface area contributed by atoms with Crippen LogP contribution < -0.4 is 10.1 Å². The van der Waals surface area contributed by atoms with E-state index in [2.05, 4.69) is 19.2 Å². The van der Waals surface area contributed by atoms with Crippen LogP contribution in [0.15, 0.2) is 18.2 Å². The molecule has 3 heteroatoms. The zero-order valence-corrected chi connectivity index (χ0v) is 11.0. The van der Waals surface area contributed by atoms with Crippen molar-refractivity contribution in [3.05, 3.63) is 23.2 Å². The number of fused-ring (bicyclic) bond motifs is 2. The first kappa shape index (κ1) is 11.2. The van der Waals surface area contributed by atoms with Gasteiger partial charge < -0.3 is 10.1 Å². The second kappa shape index (κ2) is 4.09. The fourth-order valence-electron chi connectivity index (χ4n) is 3.22. The summed E-state index contributed by atoms with van der Waals surface area (Å²) in [5.74, 6) is 2.21. The van der Waals surface area contributed by atoms with E-state index in [0.29, 0.717) is 17.0 Å². The second-order valence-corrected chi connectivity index (χ2v) is 5.90. The molecule has 0 radical (unpaired) electrons. The first-order valence-corrected chi connectivity index (χ1v) is 6.74. The van der Waals surface area contributed by atoms with Crippen LogP contribution in [-0.4, -0.2) is 12.1 Å². The maximum Gasteiger partial charge on any atom is 0.161 e. The predicted octanol–water partition coefficient (Wildman–Crippen LogP) is 3.95. The number of rotatable bonds is 0. The summed E-state index contributed by atoms with van der Waals surface area (Å²) in [5, 5.41) is 4.31. The van der Waals surface area contributed by atoms with Crippen LogP contribution >= 0.6 is 11.6 Å². The molecule has 1 aromatic rings. The number of nitrogens with one attached hydrogen (secondary N) is 1. The third-order valence-electron chi connectivity index (χ3n) is 3.98. The fourth-order valence-corrected chi connectivity index (χ4v) is 3.44. The summed E-state index contributed by atoms with van der Waals surface area (Å²) < 4.78 is 6.11. The molecule has 1 aromatic carbocycles. The third kappa shape index (κ3) is 1.89. The lowest BCUT2D eigenvalue weighted by atomic mass is 9.77. The van der Waals surface area contributed by atoms with Gasteiger partial charge in [-0.05, 0) is 36.8 Å². The van der Waals surface area contributed by atoms with Crippen LogP contribution in [0.3, 0.4) is 0 Å². The maximum atomic E-state index is 6.18. The van der Waals surface area contributed by atoms with Crippen LogP contribution in [-0.2, 0) is 0 Å². The molecule has 1 N–H and O–H groups in total. The number of benzene rings is 1. The molecule has 2 aliphatic rings. The lowest BCUT2D eigenvalue weighted by Gasteiger charge is -2.44. The third-order valence-corrected chi connectivity index (χ3v) is 4.28. The van der Waals surface area contributed by atoms with Crippen molar-refractivity contribution in [3.63, 3.8) is 0 Å². The standard InChI is InChI=1S/C14H18ClNO/c1-8-6-9(2)13-12(7-8)17-14-10(15)4-3-5-11(14)16-13/h3-5,8-9,12-13,16H,6-7H2,1-2H3. The molecule has 4 unspecified atom stereocenters. The molecule has 1 saturated carbocycles. The van der Waals surface area contributed by atoms with Crippen molar-refractivity contribution in [2.45, 2.75) is 38.8 Å². The molecule has 0 amide bonds. The number of hydrogen-bond acceptors (Lipinski definition) is 2. The summed E-state index contributed by atoms with van der Waals surface area (Å²) in [7, 11) is 0. The van der Waals surface area contributed by atoms with Gasteiger partial charge in [0.05, 0.1) is 16.8 Å². The molecular weight excluding hydrogens is 234 g/mol. The molecule has 1 heterocycles. The molecule has 0 spiro atoms. The van der Waals surface area contributed by atoms with Gasteiger partial charge in [0.2, 0.25) is 0 Å². The Labute approximate surface area is 107 Å². The highest BCUT2D eigenvalue weighted by molar-refractivity contribution is 6.32. The Morgan fingerprint density at radius 2 is 2.12 bits per heavy atom. The van der Waals surface area contributed by atoms with Crippen LogP contribution in [0.1, 0.15) is 26.7 Å². The highest BCUT2D eigenvalue weighted by Crippen LogP contribution is 2.43.